The molecule has 106 valence electrons. The molecule has 0 aliphatic rings. The molecular weight excluding hydrogens is 276 g/mol. The number of methoxy groups -OCH3 is 1. The van der Waals surface area contributed by atoms with Gasteiger partial charge >= 0.3 is 0 Å². The van der Waals surface area contributed by atoms with Crippen LogP contribution in [0.25, 0.3) is 6.08 Å². The minimum absolute atomic E-state index is 0.177. The van der Waals surface area contributed by atoms with E-state index < -0.39 is 0 Å². The van der Waals surface area contributed by atoms with E-state index in [1.54, 1.807) is 25.3 Å². The summed E-state index contributed by atoms with van der Waals surface area (Å²) in [6.45, 7) is 7.91. The van der Waals surface area contributed by atoms with Crippen molar-refractivity contribution in [3.63, 3.8) is 0 Å². The van der Waals surface area contributed by atoms with Crippen molar-refractivity contribution < 1.29 is 14.2 Å². The second kappa shape index (κ2) is 8.92. The zero-order chi connectivity index (χ0) is 14.8. The van der Waals surface area contributed by atoms with E-state index in [1.807, 2.05) is 18.2 Å². The monoisotopic (exact) mass is 292 g/mol. The highest BCUT2D eigenvalue weighted by Gasteiger charge is 2.03. The Kier molecular flexibility index (Phi) is 7.12. The predicted molar refractivity (Wildman–Crippen MR) is 82.2 cm³/mol. The molecule has 0 unspecified atom stereocenters. The van der Waals surface area contributed by atoms with E-state index in [0.29, 0.717) is 24.7 Å². The lowest BCUT2D eigenvalue weighted by molar-refractivity contribution is 0.276. The van der Waals surface area contributed by atoms with Gasteiger partial charge in [0, 0.05) is 0 Å². The second-order valence-corrected chi connectivity index (χ2v) is 4.02. The third kappa shape index (κ3) is 5.27. The number of benzene rings is 1. The number of hydrogen-bond donors (Lipinski definition) is 0. The lowest BCUT2D eigenvalue weighted by Crippen LogP contribution is -1.96. The van der Waals surface area contributed by atoms with Crippen LogP contribution < -0.4 is 9.47 Å². The highest BCUT2D eigenvalue weighted by molar-refractivity contribution is 6.28. The molecule has 0 atom stereocenters. The number of rotatable bonds is 8. The number of ether oxygens (including phenoxy) is 3. The van der Waals surface area contributed by atoms with Gasteiger partial charge in [-0.3, -0.25) is 0 Å². The Morgan fingerprint density at radius 3 is 2.65 bits per heavy atom. The third-order valence-electron chi connectivity index (χ3n) is 2.22. The van der Waals surface area contributed by atoms with E-state index in [9.17, 15) is 0 Å². The molecule has 0 bridgehead atoms. The third-order valence-corrected chi connectivity index (χ3v) is 2.44. The summed E-state index contributed by atoms with van der Waals surface area (Å²) in [6, 6.07) is 5.50. The normalized spacial score (nSPS) is 9.10. The summed E-state index contributed by atoms with van der Waals surface area (Å²) in [5.74, 6) is 1.29. The van der Waals surface area contributed by atoms with Gasteiger partial charge in [0.1, 0.15) is 13.2 Å². The topological polar surface area (TPSA) is 27.7 Å². The van der Waals surface area contributed by atoms with Crippen LogP contribution >= 0.6 is 11.6 Å². The summed E-state index contributed by atoms with van der Waals surface area (Å²) < 4.78 is 15.8. The number of halogens is 1. The first-order valence-electron chi connectivity index (χ1n) is 5.99. The summed E-state index contributed by atoms with van der Waals surface area (Å²) >= 11 is 5.82. The maximum Gasteiger partial charge on any atom is 0.232 e. The van der Waals surface area contributed by atoms with Gasteiger partial charge in [0.15, 0.2) is 11.5 Å². The molecule has 1 rings (SSSR count). The van der Waals surface area contributed by atoms with E-state index >= 15 is 0 Å². The molecule has 1 aromatic carbocycles. The molecule has 0 N–H and O–H groups in total. The quantitative estimate of drug-likeness (QED) is 0.409. The van der Waals surface area contributed by atoms with Crippen molar-refractivity contribution in [2.24, 2.45) is 0 Å². The zero-order valence-electron chi connectivity index (χ0n) is 11.4. The van der Waals surface area contributed by atoms with Gasteiger partial charge in [-0.1, -0.05) is 37.1 Å². The summed E-state index contributed by atoms with van der Waals surface area (Å²) in [7, 11) is 1.58. The highest BCUT2D eigenvalue weighted by Crippen LogP contribution is 2.28. The van der Waals surface area contributed by atoms with Crippen molar-refractivity contribution in [1.82, 2.24) is 0 Å². The fourth-order valence-corrected chi connectivity index (χ4v) is 1.47. The highest BCUT2D eigenvalue weighted by atomic mass is 35.5. The molecule has 4 heteroatoms. The van der Waals surface area contributed by atoms with Gasteiger partial charge < -0.3 is 14.2 Å². The molecule has 0 fully saturated rings. The molecule has 0 aliphatic carbocycles. The van der Waals surface area contributed by atoms with Crippen LogP contribution in [0, 0.1) is 0 Å². The van der Waals surface area contributed by atoms with Gasteiger partial charge in [0.05, 0.1) is 7.11 Å². The predicted octanol–water partition coefficient (Wildman–Crippen LogP) is 4.15. The average Bonchev–Trinajstić information content (AvgIpc) is 2.49. The van der Waals surface area contributed by atoms with Gasteiger partial charge in [-0.05, 0) is 35.4 Å². The Morgan fingerprint density at radius 2 is 2.00 bits per heavy atom. The van der Waals surface area contributed by atoms with Gasteiger partial charge in [0.25, 0.3) is 0 Å². The van der Waals surface area contributed by atoms with Crippen molar-refractivity contribution in [3.8, 4) is 11.5 Å². The number of hydrogen-bond acceptors (Lipinski definition) is 3. The van der Waals surface area contributed by atoms with E-state index in [4.69, 9.17) is 25.8 Å². The van der Waals surface area contributed by atoms with Crippen LogP contribution in [0.4, 0.5) is 0 Å². The van der Waals surface area contributed by atoms with Crippen LogP contribution in [-0.2, 0) is 4.74 Å². The van der Waals surface area contributed by atoms with Crippen molar-refractivity contribution in [2.75, 3.05) is 20.3 Å². The maximum atomic E-state index is 5.82. The van der Waals surface area contributed by atoms with Crippen molar-refractivity contribution >= 4 is 17.7 Å². The van der Waals surface area contributed by atoms with E-state index in [-0.39, 0.29) is 5.22 Å². The Hall–Kier alpha value is -2.09. The molecule has 1 aromatic rings. The molecule has 0 amide bonds. The van der Waals surface area contributed by atoms with Crippen LogP contribution in [0.15, 0.2) is 54.5 Å². The minimum atomic E-state index is 0.177. The molecule has 3 nitrogen and oxygen atoms in total. The Labute approximate surface area is 124 Å². The van der Waals surface area contributed by atoms with E-state index in [1.165, 1.54) is 0 Å². The first-order valence-corrected chi connectivity index (χ1v) is 6.36. The Morgan fingerprint density at radius 1 is 1.25 bits per heavy atom. The zero-order valence-corrected chi connectivity index (χ0v) is 12.2. The Bertz CT molecular complexity index is 529. The molecule has 0 aliphatic heterocycles. The van der Waals surface area contributed by atoms with Crippen LogP contribution in [0.1, 0.15) is 5.56 Å². The van der Waals surface area contributed by atoms with E-state index in [2.05, 4.69) is 18.9 Å². The molecule has 20 heavy (non-hydrogen) atoms. The summed E-state index contributed by atoms with van der Waals surface area (Å²) in [5.41, 5.74) is 3.69. The van der Waals surface area contributed by atoms with Gasteiger partial charge in [-0.2, -0.15) is 0 Å². The fourth-order valence-electron chi connectivity index (χ4n) is 1.36. The molecular formula is C16H17ClO3. The largest absolute Gasteiger partial charge is 0.493 e. The molecule has 0 saturated heterocycles. The SMILES string of the molecule is C=CCOC(Cl)=C=Cc1ccc(OCC=C)c(OC)c1. The minimum Gasteiger partial charge on any atom is -0.493 e. The lowest BCUT2D eigenvalue weighted by Gasteiger charge is -2.09. The van der Waals surface area contributed by atoms with Crippen LogP contribution in [0.2, 0.25) is 0 Å². The van der Waals surface area contributed by atoms with Gasteiger partial charge in [0.2, 0.25) is 5.22 Å². The summed E-state index contributed by atoms with van der Waals surface area (Å²) in [5, 5.41) is 0.177. The van der Waals surface area contributed by atoms with Gasteiger partial charge in [-0.15, -0.1) is 0 Å². The maximum absolute atomic E-state index is 5.82. The van der Waals surface area contributed by atoms with Gasteiger partial charge in [-0.25, -0.2) is 0 Å². The van der Waals surface area contributed by atoms with Crippen LogP contribution in [-0.4, -0.2) is 20.3 Å². The fraction of sp³-hybridized carbons (Fsp3) is 0.188. The molecule has 0 aromatic heterocycles. The van der Waals surface area contributed by atoms with Crippen LogP contribution in [0.3, 0.4) is 0 Å². The lowest BCUT2D eigenvalue weighted by atomic mass is 10.2. The molecule has 0 heterocycles. The second-order valence-electron chi connectivity index (χ2n) is 3.67. The average molecular weight is 293 g/mol. The molecule has 0 saturated carbocycles. The smallest absolute Gasteiger partial charge is 0.232 e. The standard InChI is InChI=1S/C16H17ClO3/c1-4-10-19-14-8-6-13(12-15(14)18-3)7-9-16(17)20-11-5-2/h4-8,12H,1-2,10-11H2,3H3. The molecule has 0 spiro atoms. The first kappa shape index (κ1) is 16.0. The van der Waals surface area contributed by atoms with Crippen molar-refractivity contribution in [3.05, 3.63) is 60.0 Å². The Balaban J connectivity index is 2.89. The first-order chi connectivity index (χ1) is 9.71. The van der Waals surface area contributed by atoms with Crippen molar-refractivity contribution in [1.29, 1.82) is 0 Å². The van der Waals surface area contributed by atoms with E-state index in [0.717, 1.165) is 5.56 Å². The van der Waals surface area contributed by atoms with Crippen molar-refractivity contribution in [2.45, 2.75) is 0 Å². The molecule has 0 radical (unpaired) electrons. The summed E-state index contributed by atoms with van der Waals surface area (Å²) in [6.07, 6.45) is 4.98. The van der Waals surface area contributed by atoms with Crippen LogP contribution in [0.5, 0.6) is 11.5 Å². The summed E-state index contributed by atoms with van der Waals surface area (Å²) in [4.78, 5) is 0.